The Morgan fingerprint density at radius 2 is 2.00 bits per heavy atom. The summed E-state index contributed by atoms with van der Waals surface area (Å²) in [4.78, 5) is 7.40. The van der Waals surface area contributed by atoms with Crippen molar-refractivity contribution >= 4 is 16.7 Å². The summed E-state index contributed by atoms with van der Waals surface area (Å²) in [5.41, 5.74) is 8.19. The molecule has 1 aromatic heterocycles. The molecular weight excluding hydrogens is 258 g/mol. The van der Waals surface area contributed by atoms with Gasteiger partial charge in [0.15, 0.2) is 0 Å². The Morgan fingerprint density at radius 1 is 1.24 bits per heavy atom. The zero-order valence-electron chi connectivity index (χ0n) is 12.9. The highest BCUT2D eigenvalue weighted by atomic mass is 15.2. The van der Waals surface area contributed by atoms with E-state index in [0.29, 0.717) is 6.54 Å². The Bertz CT molecular complexity index is 600. The molecule has 0 spiro atoms. The van der Waals surface area contributed by atoms with Crippen molar-refractivity contribution in [1.82, 2.24) is 4.98 Å². The maximum atomic E-state index is 5.80. The van der Waals surface area contributed by atoms with Crippen LogP contribution in [0, 0.1) is 5.92 Å². The van der Waals surface area contributed by atoms with E-state index < -0.39 is 0 Å². The van der Waals surface area contributed by atoms with Crippen LogP contribution in [-0.2, 0) is 6.42 Å². The van der Waals surface area contributed by atoms with Gasteiger partial charge < -0.3 is 10.6 Å². The van der Waals surface area contributed by atoms with Gasteiger partial charge in [-0.25, -0.2) is 4.98 Å². The van der Waals surface area contributed by atoms with Crippen molar-refractivity contribution in [1.29, 1.82) is 0 Å². The molecule has 1 fully saturated rings. The smallest absolute Gasteiger partial charge is 0.132 e. The van der Waals surface area contributed by atoms with Gasteiger partial charge in [0.25, 0.3) is 0 Å². The number of rotatable bonds is 4. The standard InChI is InChI=1S/C18H25N3/c1-2-14-8-11-21(12-9-14)18-16(7-10-19)13-15-5-3-4-6-17(15)20-18/h3-6,13-14H,2,7-12,19H2,1H3. The Morgan fingerprint density at radius 3 is 2.71 bits per heavy atom. The van der Waals surface area contributed by atoms with E-state index in [9.17, 15) is 0 Å². The first-order valence-corrected chi connectivity index (χ1v) is 8.15. The molecule has 0 bridgehead atoms. The summed E-state index contributed by atoms with van der Waals surface area (Å²) in [7, 11) is 0. The third kappa shape index (κ3) is 3.03. The molecule has 112 valence electrons. The molecule has 0 unspecified atom stereocenters. The summed E-state index contributed by atoms with van der Waals surface area (Å²) in [5, 5.41) is 1.22. The van der Waals surface area contributed by atoms with E-state index in [1.54, 1.807) is 0 Å². The lowest BCUT2D eigenvalue weighted by Crippen LogP contribution is -2.35. The normalized spacial score (nSPS) is 16.6. The van der Waals surface area contributed by atoms with Crippen molar-refractivity contribution in [2.24, 2.45) is 11.7 Å². The molecule has 1 saturated heterocycles. The summed E-state index contributed by atoms with van der Waals surface area (Å²) in [6.07, 6.45) is 4.77. The number of piperidine rings is 1. The molecule has 21 heavy (non-hydrogen) atoms. The third-order valence-corrected chi connectivity index (χ3v) is 4.69. The number of nitrogens with zero attached hydrogens (tertiary/aromatic N) is 2. The number of aromatic nitrogens is 1. The average Bonchev–Trinajstić information content (AvgIpc) is 2.55. The van der Waals surface area contributed by atoms with Crippen LogP contribution in [0.3, 0.4) is 0 Å². The van der Waals surface area contributed by atoms with Crippen LogP contribution in [0.25, 0.3) is 10.9 Å². The zero-order chi connectivity index (χ0) is 14.7. The number of anilines is 1. The Kier molecular flexibility index (Phi) is 4.39. The molecule has 3 heteroatoms. The summed E-state index contributed by atoms with van der Waals surface area (Å²) in [5.74, 6) is 2.05. The Balaban J connectivity index is 1.94. The number of nitrogens with two attached hydrogens (primary N) is 1. The fourth-order valence-corrected chi connectivity index (χ4v) is 3.32. The molecule has 2 aromatic rings. The number of fused-ring (bicyclic) bond motifs is 1. The highest BCUT2D eigenvalue weighted by molar-refractivity contribution is 5.81. The van der Waals surface area contributed by atoms with Gasteiger partial charge in [-0.1, -0.05) is 31.5 Å². The Labute approximate surface area is 127 Å². The molecule has 3 rings (SSSR count). The summed E-state index contributed by atoms with van der Waals surface area (Å²) in [6.45, 7) is 5.23. The number of para-hydroxylation sites is 1. The molecule has 0 aliphatic carbocycles. The molecule has 2 heterocycles. The lowest BCUT2D eigenvalue weighted by molar-refractivity contribution is 0.393. The monoisotopic (exact) mass is 283 g/mol. The molecule has 1 aromatic carbocycles. The van der Waals surface area contributed by atoms with Gasteiger partial charge in [-0.3, -0.25) is 0 Å². The minimum absolute atomic E-state index is 0.679. The number of hydrogen-bond acceptors (Lipinski definition) is 3. The van der Waals surface area contributed by atoms with Crippen LogP contribution in [0.4, 0.5) is 5.82 Å². The van der Waals surface area contributed by atoms with E-state index in [4.69, 9.17) is 10.7 Å². The van der Waals surface area contributed by atoms with Gasteiger partial charge in [0.2, 0.25) is 0 Å². The first-order valence-electron chi connectivity index (χ1n) is 8.15. The van der Waals surface area contributed by atoms with Gasteiger partial charge in [-0.2, -0.15) is 0 Å². The fraction of sp³-hybridized carbons (Fsp3) is 0.500. The third-order valence-electron chi connectivity index (χ3n) is 4.69. The van der Waals surface area contributed by atoms with Crippen LogP contribution in [0.5, 0.6) is 0 Å². The number of pyridine rings is 1. The van der Waals surface area contributed by atoms with E-state index >= 15 is 0 Å². The van der Waals surface area contributed by atoms with Crippen molar-refractivity contribution in [3.05, 3.63) is 35.9 Å². The second-order valence-corrected chi connectivity index (χ2v) is 6.04. The minimum atomic E-state index is 0.679. The lowest BCUT2D eigenvalue weighted by atomic mass is 9.94. The van der Waals surface area contributed by atoms with E-state index in [1.165, 1.54) is 30.2 Å². The maximum Gasteiger partial charge on any atom is 0.132 e. The molecule has 1 aliphatic heterocycles. The predicted molar refractivity (Wildman–Crippen MR) is 89.7 cm³/mol. The highest BCUT2D eigenvalue weighted by Crippen LogP contribution is 2.28. The average molecular weight is 283 g/mol. The largest absolute Gasteiger partial charge is 0.356 e. The maximum absolute atomic E-state index is 5.80. The first-order chi connectivity index (χ1) is 10.3. The highest BCUT2D eigenvalue weighted by Gasteiger charge is 2.21. The van der Waals surface area contributed by atoms with Crippen LogP contribution in [0.1, 0.15) is 31.7 Å². The van der Waals surface area contributed by atoms with Crippen molar-refractivity contribution in [3.8, 4) is 0 Å². The van der Waals surface area contributed by atoms with Crippen molar-refractivity contribution in [3.63, 3.8) is 0 Å². The molecule has 3 nitrogen and oxygen atoms in total. The van der Waals surface area contributed by atoms with Crippen LogP contribution in [0.15, 0.2) is 30.3 Å². The van der Waals surface area contributed by atoms with Crippen LogP contribution >= 0.6 is 0 Å². The van der Waals surface area contributed by atoms with E-state index in [2.05, 4.69) is 42.2 Å². The second-order valence-electron chi connectivity index (χ2n) is 6.04. The summed E-state index contributed by atoms with van der Waals surface area (Å²) in [6, 6.07) is 10.6. The van der Waals surface area contributed by atoms with E-state index in [1.807, 2.05) is 0 Å². The SMILES string of the molecule is CCC1CCN(c2nc3ccccc3cc2CCN)CC1. The predicted octanol–water partition coefficient (Wildman–Crippen LogP) is 3.36. The van der Waals surface area contributed by atoms with Gasteiger partial charge in [0, 0.05) is 18.5 Å². The molecule has 0 amide bonds. The van der Waals surface area contributed by atoms with Crippen LogP contribution in [0.2, 0.25) is 0 Å². The van der Waals surface area contributed by atoms with E-state index in [-0.39, 0.29) is 0 Å². The van der Waals surface area contributed by atoms with E-state index in [0.717, 1.165) is 36.8 Å². The lowest BCUT2D eigenvalue weighted by Gasteiger charge is -2.33. The quantitative estimate of drug-likeness (QED) is 0.935. The fourth-order valence-electron chi connectivity index (χ4n) is 3.32. The number of benzene rings is 1. The summed E-state index contributed by atoms with van der Waals surface area (Å²) < 4.78 is 0. The first kappa shape index (κ1) is 14.3. The van der Waals surface area contributed by atoms with Gasteiger partial charge >= 0.3 is 0 Å². The molecule has 0 atom stereocenters. The van der Waals surface area contributed by atoms with Gasteiger partial charge in [-0.15, -0.1) is 0 Å². The van der Waals surface area contributed by atoms with Gasteiger partial charge in [-0.05, 0) is 49.4 Å². The van der Waals surface area contributed by atoms with Crippen molar-refractivity contribution in [2.45, 2.75) is 32.6 Å². The molecular formula is C18H25N3. The molecule has 0 radical (unpaired) electrons. The molecule has 2 N–H and O–H groups in total. The zero-order valence-corrected chi connectivity index (χ0v) is 12.9. The Hall–Kier alpha value is -1.61. The van der Waals surface area contributed by atoms with Gasteiger partial charge in [0.05, 0.1) is 5.52 Å². The van der Waals surface area contributed by atoms with Crippen molar-refractivity contribution in [2.75, 3.05) is 24.5 Å². The number of hydrogen-bond donors (Lipinski definition) is 1. The topological polar surface area (TPSA) is 42.2 Å². The molecule has 0 saturated carbocycles. The van der Waals surface area contributed by atoms with Crippen LogP contribution < -0.4 is 10.6 Å². The van der Waals surface area contributed by atoms with Gasteiger partial charge in [0.1, 0.15) is 5.82 Å². The van der Waals surface area contributed by atoms with Crippen LogP contribution in [-0.4, -0.2) is 24.6 Å². The minimum Gasteiger partial charge on any atom is -0.356 e. The summed E-state index contributed by atoms with van der Waals surface area (Å²) >= 11 is 0. The van der Waals surface area contributed by atoms with Crippen molar-refractivity contribution < 1.29 is 0 Å². The molecule has 1 aliphatic rings. The second kappa shape index (κ2) is 6.44.